The highest BCUT2D eigenvalue weighted by Gasteiger charge is 2.06. The zero-order chi connectivity index (χ0) is 16.5. The molecule has 0 heterocycles. The van der Waals surface area contributed by atoms with E-state index in [1.807, 2.05) is 0 Å². The van der Waals surface area contributed by atoms with Crippen molar-refractivity contribution in [3.8, 4) is 0 Å². The van der Waals surface area contributed by atoms with Crippen LogP contribution in [0.3, 0.4) is 0 Å². The second-order valence-corrected chi connectivity index (χ2v) is 13.1. The normalized spacial score (nSPS) is 21.1. The molecule has 0 spiro atoms. The van der Waals surface area contributed by atoms with Crippen LogP contribution in [0.25, 0.3) is 0 Å². The van der Waals surface area contributed by atoms with Crippen molar-refractivity contribution in [3.05, 3.63) is 0 Å². The summed E-state index contributed by atoms with van der Waals surface area (Å²) in [6, 6.07) is 0. The van der Waals surface area contributed by atoms with Crippen molar-refractivity contribution in [1.82, 2.24) is 0 Å². The van der Waals surface area contributed by atoms with Gasteiger partial charge in [0.1, 0.15) is 0 Å². The minimum atomic E-state index is -1.72. The zero-order valence-electron chi connectivity index (χ0n) is 14.6. The molecular formula is C18H37Cl3Si. The third-order valence-electron chi connectivity index (χ3n) is 4.80. The number of hydrogen-bond acceptors (Lipinski definition) is 0. The Kier molecular flexibility index (Phi) is 19.3. The first-order chi connectivity index (χ1) is 10.7. The Morgan fingerprint density at radius 1 is 0.591 bits per heavy atom. The van der Waals surface area contributed by atoms with Crippen molar-refractivity contribution in [3.63, 3.8) is 0 Å². The third-order valence-corrected chi connectivity index (χ3v) is 4.80. The van der Waals surface area contributed by atoms with E-state index < -0.39 is 6.73 Å². The van der Waals surface area contributed by atoms with Crippen molar-refractivity contribution < 1.29 is 0 Å². The summed E-state index contributed by atoms with van der Waals surface area (Å²) in [7, 11) is 0. The summed E-state index contributed by atoms with van der Waals surface area (Å²) in [6.45, 7) is 0.670. The summed E-state index contributed by atoms with van der Waals surface area (Å²) in [4.78, 5) is 0. The molecule has 1 aliphatic rings. The van der Waals surface area contributed by atoms with Gasteiger partial charge in [-0.1, -0.05) is 110 Å². The summed E-state index contributed by atoms with van der Waals surface area (Å²) in [5.74, 6) is 1.04. The smallest absolute Gasteiger partial charge is 0.130 e. The van der Waals surface area contributed by atoms with Crippen LogP contribution in [0, 0.1) is 5.92 Å². The summed E-state index contributed by atoms with van der Waals surface area (Å²) in [5, 5.41) is 0. The van der Waals surface area contributed by atoms with Crippen molar-refractivity contribution in [1.29, 1.82) is 0 Å². The van der Waals surface area contributed by atoms with Gasteiger partial charge in [0.2, 0.25) is 0 Å². The molecule has 0 N–H and O–H groups in total. The Balaban J connectivity index is 0.000000980. The molecule has 1 rings (SSSR count). The molecule has 134 valence electrons. The first kappa shape index (κ1) is 23.1. The van der Waals surface area contributed by atoms with Crippen LogP contribution in [0.15, 0.2) is 0 Å². The van der Waals surface area contributed by atoms with E-state index in [1.54, 1.807) is 0 Å². The average Bonchev–Trinajstić information content (AvgIpc) is 2.47. The maximum Gasteiger partial charge on any atom is 0.326 e. The quantitative estimate of drug-likeness (QED) is 0.313. The summed E-state index contributed by atoms with van der Waals surface area (Å²) < 4.78 is 0. The Morgan fingerprint density at radius 2 is 0.818 bits per heavy atom. The molecule has 22 heavy (non-hydrogen) atoms. The van der Waals surface area contributed by atoms with Gasteiger partial charge in [0.05, 0.1) is 0 Å². The summed E-state index contributed by atoms with van der Waals surface area (Å²) in [6.07, 6.45) is 23.9. The number of rotatable bonds is 1. The second kappa shape index (κ2) is 18.4. The highest BCUT2D eigenvalue weighted by Crippen LogP contribution is 2.22. The molecule has 1 fully saturated rings. The maximum absolute atomic E-state index is 4.94. The zero-order valence-corrected chi connectivity index (χ0v) is 18.0. The molecule has 0 atom stereocenters. The Hall–Kier alpha value is 1.09. The van der Waals surface area contributed by atoms with Gasteiger partial charge in [0.15, 0.2) is 0 Å². The van der Waals surface area contributed by atoms with Crippen LogP contribution in [-0.4, -0.2) is 6.73 Å². The molecule has 0 aromatic heterocycles. The average molecular weight is 388 g/mol. The Morgan fingerprint density at radius 3 is 1.05 bits per heavy atom. The molecule has 0 unspecified atom stereocenters. The molecule has 0 saturated heterocycles. The van der Waals surface area contributed by atoms with E-state index in [9.17, 15) is 0 Å². The SMILES string of the molecule is CCC1CCCCCCCCCCCCCCC1.Cl[SiH](Cl)Cl. The van der Waals surface area contributed by atoms with Crippen LogP contribution in [0.1, 0.15) is 110 Å². The Bertz CT molecular complexity index is 194. The fourth-order valence-electron chi connectivity index (χ4n) is 3.36. The number of hydrogen-bond donors (Lipinski definition) is 0. The second-order valence-electron chi connectivity index (χ2n) is 6.70. The van der Waals surface area contributed by atoms with Crippen molar-refractivity contribution in [2.75, 3.05) is 0 Å². The van der Waals surface area contributed by atoms with Gasteiger partial charge in [-0.05, 0) is 5.92 Å². The van der Waals surface area contributed by atoms with Crippen LogP contribution >= 0.6 is 33.2 Å². The fraction of sp³-hybridized carbons (Fsp3) is 1.00. The van der Waals surface area contributed by atoms with Crippen molar-refractivity contribution in [2.45, 2.75) is 110 Å². The molecule has 0 nitrogen and oxygen atoms in total. The first-order valence-electron chi connectivity index (χ1n) is 9.59. The van der Waals surface area contributed by atoms with Crippen LogP contribution in [-0.2, 0) is 0 Å². The lowest BCUT2D eigenvalue weighted by molar-refractivity contribution is 0.390. The van der Waals surface area contributed by atoms with Gasteiger partial charge in [0, 0.05) is 0 Å². The molecule has 0 aromatic carbocycles. The fourth-order valence-corrected chi connectivity index (χ4v) is 3.36. The molecule has 0 aliphatic heterocycles. The lowest BCUT2D eigenvalue weighted by atomic mass is 9.92. The van der Waals surface area contributed by atoms with Crippen LogP contribution in [0.5, 0.6) is 0 Å². The molecular weight excluding hydrogens is 351 g/mol. The van der Waals surface area contributed by atoms with Crippen LogP contribution in [0.4, 0.5) is 0 Å². The molecule has 0 radical (unpaired) electrons. The molecule has 0 bridgehead atoms. The molecule has 1 aliphatic carbocycles. The van der Waals surface area contributed by atoms with E-state index in [2.05, 4.69) is 6.92 Å². The minimum absolute atomic E-state index is 1.04. The minimum Gasteiger partial charge on any atom is -0.130 e. The monoisotopic (exact) mass is 386 g/mol. The standard InChI is InChI=1S/C18H36.Cl3HSi/c1-2-18-16-14-12-10-8-6-4-3-5-7-9-11-13-15-17-18;1-4(2)3/h18H,2-17H2,1H3;4H. The largest absolute Gasteiger partial charge is 0.326 e. The van der Waals surface area contributed by atoms with Gasteiger partial charge in [-0.15, -0.1) is 33.2 Å². The highest BCUT2D eigenvalue weighted by molar-refractivity contribution is 7.54. The molecule has 0 amide bonds. The van der Waals surface area contributed by atoms with E-state index in [4.69, 9.17) is 33.2 Å². The lowest BCUT2D eigenvalue weighted by Crippen LogP contribution is -1.99. The third kappa shape index (κ3) is 19.1. The van der Waals surface area contributed by atoms with Gasteiger partial charge in [-0.3, -0.25) is 0 Å². The van der Waals surface area contributed by atoms with Gasteiger partial charge >= 0.3 is 6.73 Å². The van der Waals surface area contributed by atoms with E-state index >= 15 is 0 Å². The lowest BCUT2D eigenvalue weighted by Gasteiger charge is -2.14. The topological polar surface area (TPSA) is 0 Å². The van der Waals surface area contributed by atoms with Gasteiger partial charge < -0.3 is 0 Å². The molecule has 4 heteroatoms. The van der Waals surface area contributed by atoms with E-state index in [1.165, 1.54) is 103 Å². The van der Waals surface area contributed by atoms with E-state index in [0.717, 1.165) is 5.92 Å². The first-order valence-corrected chi connectivity index (χ1v) is 14.8. The maximum atomic E-state index is 4.94. The predicted octanol–water partition coefficient (Wildman–Crippen LogP) is 8.30. The Labute approximate surface area is 155 Å². The summed E-state index contributed by atoms with van der Waals surface area (Å²) in [5.41, 5.74) is 0. The van der Waals surface area contributed by atoms with Gasteiger partial charge in [0.25, 0.3) is 0 Å². The van der Waals surface area contributed by atoms with Crippen LogP contribution in [0.2, 0.25) is 0 Å². The molecule has 0 aromatic rings. The molecule has 1 saturated carbocycles. The van der Waals surface area contributed by atoms with Gasteiger partial charge in [-0.2, -0.15) is 0 Å². The van der Waals surface area contributed by atoms with Crippen molar-refractivity contribution >= 4 is 40.0 Å². The summed E-state index contributed by atoms with van der Waals surface area (Å²) >= 11 is 14.8. The van der Waals surface area contributed by atoms with Gasteiger partial charge in [-0.25, -0.2) is 0 Å². The number of halogens is 3. The van der Waals surface area contributed by atoms with Crippen molar-refractivity contribution in [2.24, 2.45) is 5.92 Å². The van der Waals surface area contributed by atoms with Crippen LogP contribution < -0.4 is 0 Å². The highest BCUT2D eigenvalue weighted by atomic mass is 35.8. The van der Waals surface area contributed by atoms with E-state index in [0.29, 0.717) is 0 Å². The predicted molar refractivity (Wildman–Crippen MR) is 108 cm³/mol. The van der Waals surface area contributed by atoms with E-state index in [-0.39, 0.29) is 0 Å².